The third kappa shape index (κ3) is 4.09. The van der Waals surface area contributed by atoms with E-state index in [1.54, 1.807) is 30.1 Å². The third-order valence-electron chi connectivity index (χ3n) is 4.93. The standard InChI is InChI=1S/C21H22BrN3O3/c1-12-4-5-14(20(27)23-3)9-18(12)24-21(28)15-10-19(26)25(11-15)16-6-7-17(22)13(2)8-16/h4-9,15H,10-11H2,1-3H3,(H,23,27)(H,24,28). The van der Waals surface area contributed by atoms with Crippen molar-refractivity contribution in [1.29, 1.82) is 0 Å². The van der Waals surface area contributed by atoms with E-state index in [-0.39, 0.29) is 24.1 Å². The Morgan fingerprint density at radius 2 is 1.86 bits per heavy atom. The van der Waals surface area contributed by atoms with Gasteiger partial charge in [0.2, 0.25) is 11.8 Å². The highest BCUT2D eigenvalue weighted by atomic mass is 79.9. The molecule has 1 saturated heterocycles. The lowest BCUT2D eigenvalue weighted by Gasteiger charge is -2.18. The summed E-state index contributed by atoms with van der Waals surface area (Å²) in [6.07, 6.45) is 0.162. The fraction of sp³-hybridized carbons (Fsp3) is 0.286. The first-order valence-electron chi connectivity index (χ1n) is 9.00. The number of carbonyl (C=O) groups is 3. The number of halogens is 1. The monoisotopic (exact) mass is 443 g/mol. The second-order valence-electron chi connectivity index (χ2n) is 6.94. The van der Waals surface area contributed by atoms with E-state index >= 15 is 0 Å². The Bertz CT molecular complexity index is 958. The van der Waals surface area contributed by atoms with Crippen molar-refractivity contribution in [2.75, 3.05) is 23.8 Å². The molecule has 6 nitrogen and oxygen atoms in total. The van der Waals surface area contributed by atoms with Crippen LogP contribution in [0.5, 0.6) is 0 Å². The molecule has 0 saturated carbocycles. The van der Waals surface area contributed by atoms with Gasteiger partial charge in [0.05, 0.1) is 5.92 Å². The molecule has 0 aliphatic carbocycles. The van der Waals surface area contributed by atoms with Crippen molar-refractivity contribution in [1.82, 2.24) is 5.32 Å². The maximum Gasteiger partial charge on any atom is 0.251 e. The Balaban J connectivity index is 1.75. The van der Waals surface area contributed by atoms with E-state index in [0.717, 1.165) is 21.3 Å². The largest absolute Gasteiger partial charge is 0.355 e. The molecule has 1 heterocycles. The van der Waals surface area contributed by atoms with Crippen LogP contribution in [0.3, 0.4) is 0 Å². The van der Waals surface area contributed by atoms with Crippen LogP contribution in [-0.2, 0) is 9.59 Å². The second kappa shape index (κ2) is 8.14. The molecule has 0 aromatic heterocycles. The molecule has 0 spiro atoms. The van der Waals surface area contributed by atoms with Crippen LogP contribution < -0.4 is 15.5 Å². The van der Waals surface area contributed by atoms with Crippen LogP contribution >= 0.6 is 15.9 Å². The summed E-state index contributed by atoms with van der Waals surface area (Å²) in [5, 5.41) is 5.45. The van der Waals surface area contributed by atoms with E-state index in [9.17, 15) is 14.4 Å². The first kappa shape index (κ1) is 20.1. The van der Waals surface area contributed by atoms with E-state index in [2.05, 4.69) is 26.6 Å². The summed E-state index contributed by atoms with van der Waals surface area (Å²) in [4.78, 5) is 38.7. The van der Waals surface area contributed by atoms with Gasteiger partial charge in [0.15, 0.2) is 0 Å². The maximum absolute atomic E-state index is 12.8. The van der Waals surface area contributed by atoms with E-state index in [4.69, 9.17) is 0 Å². The van der Waals surface area contributed by atoms with Crippen LogP contribution in [0.2, 0.25) is 0 Å². The minimum Gasteiger partial charge on any atom is -0.355 e. The van der Waals surface area contributed by atoms with Gasteiger partial charge in [-0.15, -0.1) is 0 Å². The first-order valence-corrected chi connectivity index (χ1v) is 9.79. The van der Waals surface area contributed by atoms with Crippen LogP contribution in [-0.4, -0.2) is 31.3 Å². The highest BCUT2D eigenvalue weighted by molar-refractivity contribution is 9.10. The van der Waals surface area contributed by atoms with Gasteiger partial charge in [0, 0.05) is 41.4 Å². The Hall–Kier alpha value is -2.67. The molecule has 1 fully saturated rings. The zero-order valence-electron chi connectivity index (χ0n) is 16.0. The number of rotatable bonds is 4. The normalized spacial score (nSPS) is 16.2. The topological polar surface area (TPSA) is 78.5 Å². The molecule has 2 aromatic carbocycles. The highest BCUT2D eigenvalue weighted by Crippen LogP contribution is 2.29. The van der Waals surface area contributed by atoms with Crippen LogP contribution in [0.1, 0.15) is 27.9 Å². The molecule has 2 aromatic rings. The summed E-state index contributed by atoms with van der Waals surface area (Å²) in [6.45, 7) is 4.15. The van der Waals surface area contributed by atoms with Gasteiger partial charge in [0.1, 0.15) is 0 Å². The molecule has 146 valence electrons. The Labute approximate surface area is 172 Å². The number of carbonyl (C=O) groups excluding carboxylic acids is 3. The molecular formula is C21H22BrN3O3. The molecule has 0 radical (unpaired) electrons. The van der Waals surface area contributed by atoms with Crippen molar-refractivity contribution < 1.29 is 14.4 Å². The van der Waals surface area contributed by atoms with Crippen LogP contribution in [0, 0.1) is 19.8 Å². The zero-order valence-corrected chi connectivity index (χ0v) is 17.6. The lowest BCUT2D eigenvalue weighted by atomic mass is 10.1. The molecule has 28 heavy (non-hydrogen) atoms. The van der Waals surface area contributed by atoms with Gasteiger partial charge in [-0.3, -0.25) is 14.4 Å². The van der Waals surface area contributed by atoms with E-state index < -0.39 is 5.92 Å². The number of aryl methyl sites for hydroxylation is 2. The first-order chi connectivity index (χ1) is 13.3. The van der Waals surface area contributed by atoms with Crippen LogP contribution in [0.15, 0.2) is 40.9 Å². The molecule has 1 aliphatic rings. The summed E-state index contributed by atoms with van der Waals surface area (Å²) in [5.74, 6) is -0.956. The number of hydrogen-bond acceptors (Lipinski definition) is 3. The number of benzene rings is 2. The molecule has 1 atom stereocenters. The lowest BCUT2D eigenvalue weighted by Crippen LogP contribution is -2.28. The number of nitrogens with one attached hydrogen (secondary N) is 2. The van der Waals surface area contributed by atoms with Gasteiger partial charge in [-0.2, -0.15) is 0 Å². The smallest absolute Gasteiger partial charge is 0.251 e. The molecule has 1 unspecified atom stereocenters. The summed E-state index contributed by atoms with van der Waals surface area (Å²) in [7, 11) is 1.56. The zero-order chi connectivity index (χ0) is 20.4. The quantitative estimate of drug-likeness (QED) is 0.759. The fourth-order valence-electron chi connectivity index (χ4n) is 3.21. The fourth-order valence-corrected chi connectivity index (χ4v) is 3.45. The van der Waals surface area contributed by atoms with Crippen molar-refractivity contribution in [2.45, 2.75) is 20.3 Å². The molecule has 3 rings (SSSR count). The SMILES string of the molecule is CNC(=O)c1ccc(C)c(NC(=O)C2CC(=O)N(c3ccc(Br)c(C)c3)C2)c1. The molecular weight excluding hydrogens is 422 g/mol. The Morgan fingerprint density at radius 1 is 1.11 bits per heavy atom. The minimum atomic E-state index is -0.445. The van der Waals surface area contributed by atoms with E-state index in [1.807, 2.05) is 32.0 Å². The van der Waals surface area contributed by atoms with Crippen molar-refractivity contribution in [2.24, 2.45) is 5.92 Å². The predicted molar refractivity (Wildman–Crippen MR) is 113 cm³/mol. The molecule has 7 heteroatoms. The summed E-state index contributed by atoms with van der Waals surface area (Å²) < 4.78 is 0.976. The summed E-state index contributed by atoms with van der Waals surface area (Å²) in [5.41, 5.74) is 3.72. The van der Waals surface area contributed by atoms with Crippen molar-refractivity contribution >= 4 is 45.0 Å². The second-order valence-corrected chi connectivity index (χ2v) is 7.79. The van der Waals surface area contributed by atoms with Gasteiger partial charge in [-0.05, 0) is 55.3 Å². The Kier molecular flexibility index (Phi) is 5.84. The molecule has 3 amide bonds. The van der Waals surface area contributed by atoms with Crippen LogP contribution in [0.4, 0.5) is 11.4 Å². The molecule has 0 bridgehead atoms. The van der Waals surface area contributed by atoms with Crippen molar-refractivity contribution in [3.05, 3.63) is 57.6 Å². The lowest BCUT2D eigenvalue weighted by molar-refractivity contribution is -0.122. The molecule has 2 N–H and O–H groups in total. The van der Waals surface area contributed by atoms with Gasteiger partial charge < -0.3 is 15.5 Å². The van der Waals surface area contributed by atoms with Gasteiger partial charge in [0.25, 0.3) is 5.91 Å². The molecule has 1 aliphatic heterocycles. The highest BCUT2D eigenvalue weighted by Gasteiger charge is 2.35. The van der Waals surface area contributed by atoms with Crippen LogP contribution in [0.25, 0.3) is 0 Å². The third-order valence-corrected chi connectivity index (χ3v) is 5.82. The van der Waals surface area contributed by atoms with Crippen molar-refractivity contribution in [3.8, 4) is 0 Å². The average Bonchev–Trinajstić information content (AvgIpc) is 3.07. The number of hydrogen-bond donors (Lipinski definition) is 2. The minimum absolute atomic E-state index is 0.0716. The maximum atomic E-state index is 12.8. The van der Waals surface area contributed by atoms with E-state index in [0.29, 0.717) is 17.8 Å². The van der Waals surface area contributed by atoms with Gasteiger partial charge in [-0.1, -0.05) is 22.0 Å². The summed E-state index contributed by atoms with van der Waals surface area (Å²) >= 11 is 3.46. The average molecular weight is 444 g/mol. The van der Waals surface area contributed by atoms with E-state index in [1.165, 1.54) is 0 Å². The van der Waals surface area contributed by atoms with Crippen molar-refractivity contribution in [3.63, 3.8) is 0 Å². The summed E-state index contributed by atoms with van der Waals surface area (Å²) in [6, 6.07) is 10.8. The van der Waals surface area contributed by atoms with Gasteiger partial charge >= 0.3 is 0 Å². The number of anilines is 2. The van der Waals surface area contributed by atoms with Gasteiger partial charge in [-0.25, -0.2) is 0 Å². The number of amides is 3. The number of nitrogens with zero attached hydrogens (tertiary/aromatic N) is 1. The Morgan fingerprint density at radius 3 is 2.54 bits per heavy atom. The predicted octanol–water partition coefficient (Wildman–Crippen LogP) is 3.42.